The van der Waals surface area contributed by atoms with Gasteiger partial charge in [-0.05, 0) is 0 Å². The fourth-order valence-corrected chi connectivity index (χ4v) is 1.13. The van der Waals surface area contributed by atoms with Crippen LogP contribution in [-0.4, -0.2) is 19.4 Å². The van der Waals surface area contributed by atoms with Gasteiger partial charge in [0, 0.05) is 6.07 Å². The molecule has 3 nitrogen and oxygen atoms in total. The molecule has 0 radical (unpaired) electrons. The molecule has 0 aromatic heterocycles. The molecule has 0 aliphatic rings. The van der Waals surface area contributed by atoms with E-state index in [9.17, 15) is 18.0 Å². The summed E-state index contributed by atoms with van der Waals surface area (Å²) in [5.74, 6) is -5.62. The van der Waals surface area contributed by atoms with Gasteiger partial charge in [0.1, 0.15) is 5.56 Å². The summed E-state index contributed by atoms with van der Waals surface area (Å²) in [7, 11) is 1.04. The molecule has 0 amide bonds. The zero-order valence-electron chi connectivity index (χ0n) is 7.81. The molecule has 1 rings (SSSR count). The van der Waals surface area contributed by atoms with Crippen LogP contribution in [0.1, 0.15) is 10.4 Å². The average Bonchev–Trinajstić information content (AvgIpc) is 2.21. The highest BCUT2D eigenvalue weighted by molar-refractivity contribution is 6.00. The van der Waals surface area contributed by atoms with E-state index in [0.717, 1.165) is 7.11 Å². The molecule has 1 aromatic carbocycles. The van der Waals surface area contributed by atoms with Gasteiger partial charge in [0.15, 0.2) is 29.0 Å². The van der Waals surface area contributed by atoms with Crippen molar-refractivity contribution in [3.63, 3.8) is 0 Å². The van der Waals surface area contributed by atoms with Crippen LogP contribution >= 0.6 is 0 Å². The lowest BCUT2D eigenvalue weighted by Crippen LogP contribution is -2.17. The molecule has 82 valence electrons. The Morgan fingerprint density at radius 3 is 2.47 bits per heavy atom. The molecule has 0 atom stereocenters. The maximum Gasteiger partial charge on any atom is 0.183 e. The van der Waals surface area contributed by atoms with Crippen molar-refractivity contribution in [1.29, 1.82) is 0 Å². The highest BCUT2D eigenvalue weighted by atomic mass is 19.2. The third kappa shape index (κ3) is 1.94. The predicted molar refractivity (Wildman–Crippen MR) is 46.3 cm³/mol. The lowest BCUT2D eigenvalue weighted by Gasteiger charge is -2.09. The maximum atomic E-state index is 13.2. The van der Waals surface area contributed by atoms with E-state index in [1.54, 1.807) is 0 Å². The van der Waals surface area contributed by atoms with Crippen molar-refractivity contribution in [2.24, 2.45) is 5.73 Å². The molecule has 0 saturated carbocycles. The molecule has 15 heavy (non-hydrogen) atoms. The van der Waals surface area contributed by atoms with E-state index in [1.165, 1.54) is 0 Å². The van der Waals surface area contributed by atoms with Gasteiger partial charge in [-0.15, -0.1) is 0 Å². The van der Waals surface area contributed by atoms with Crippen molar-refractivity contribution < 1.29 is 22.7 Å². The number of halogens is 3. The van der Waals surface area contributed by atoms with Gasteiger partial charge in [0.2, 0.25) is 0 Å². The normalized spacial score (nSPS) is 10.2. The second-order valence-electron chi connectivity index (χ2n) is 2.69. The predicted octanol–water partition coefficient (Wildman–Crippen LogP) is 1.25. The zero-order chi connectivity index (χ0) is 11.6. The molecular weight excluding hydrogens is 211 g/mol. The van der Waals surface area contributed by atoms with E-state index in [1.807, 2.05) is 0 Å². The first-order valence-corrected chi connectivity index (χ1v) is 3.97. The Bertz CT molecular complexity index is 407. The second kappa shape index (κ2) is 4.31. The van der Waals surface area contributed by atoms with Crippen LogP contribution in [0.15, 0.2) is 6.07 Å². The number of nitrogens with two attached hydrogens (primary N) is 1. The van der Waals surface area contributed by atoms with E-state index < -0.39 is 41.1 Å². The summed E-state index contributed by atoms with van der Waals surface area (Å²) in [6.07, 6.45) is 0. The number of carbonyl (C=O) groups is 1. The summed E-state index contributed by atoms with van der Waals surface area (Å²) in [6, 6.07) is 0.307. The summed E-state index contributed by atoms with van der Waals surface area (Å²) in [4.78, 5) is 11.1. The Labute approximate surface area is 83.6 Å². The van der Waals surface area contributed by atoms with Crippen LogP contribution in [0, 0.1) is 17.5 Å². The molecular formula is C9H8F3NO2. The quantitative estimate of drug-likeness (QED) is 0.615. The van der Waals surface area contributed by atoms with Gasteiger partial charge in [-0.3, -0.25) is 4.79 Å². The molecule has 0 heterocycles. The zero-order valence-corrected chi connectivity index (χ0v) is 7.81. The summed E-state index contributed by atoms with van der Waals surface area (Å²) < 4.78 is 43.5. The molecule has 6 heteroatoms. The first kappa shape index (κ1) is 11.5. The van der Waals surface area contributed by atoms with Crippen molar-refractivity contribution >= 4 is 5.78 Å². The highest BCUT2D eigenvalue weighted by Crippen LogP contribution is 2.27. The number of ketones is 1. The van der Waals surface area contributed by atoms with Crippen molar-refractivity contribution in [2.45, 2.75) is 0 Å². The van der Waals surface area contributed by atoms with Crippen molar-refractivity contribution in [1.82, 2.24) is 0 Å². The first-order chi connectivity index (χ1) is 7.02. The monoisotopic (exact) mass is 219 g/mol. The molecule has 0 spiro atoms. The van der Waals surface area contributed by atoms with Crippen LogP contribution in [0.4, 0.5) is 13.2 Å². The highest BCUT2D eigenvalue weighted by Gasteiger charge is 2.24. The Balaban J connectivity index is 3.50. The number of rotatable bonds is 3. The molecule has 0 aliphatic carbocycles. The number of methoxy groups -OCH3 is 1. The van der Waals surface area contributed by atoms with Crippen molar-refractivity contribution in [3.8, 4) is 5.75 Å². The third-order valence-corrected chi connectivity index (χ3v) is 1.79. The van der Waals surface area contributed by atoms with E-state index >= 15 is 0 Å². The smallest absolute Gasteiger partial charge is 0.183 e. The van der Waals surface area contributed by atoms with Crippen LogP contribution < -0.4 is 10.5 Å². The largest absolute Gasteiger partial charge is 0.493 e. The maximum absolute atomic E-state index is 13.2. The first-order valence-electron chi connectivity index (χ1n) is 3.97. The number of hydrogen-bond acceptors (Lipinski definition) is 3. The second-order valence-corrected chi connectivity index (χ2v) is 2.69. The minimum Gasteiger partial charge on any atom is -0.493 e. The molecule has 0 saturated heterocycles. The van der Waals surface area contributed by atoms with Crippen molar-refractivity contribution in [2.75, 3.05) is 13.7 Å². The number of benzene rings is 1. The number of Topliss-reactive ketones (excluding diaryl/α,β-unsaturated/α-hetero) is 1. The van der Waals surface area contributed by atoms with Crippen LogP contribution in [-0.2, 0) is 0 Å². The minimum atomic E-state index is -1.45. The molecule has 0 bridgehead atoms. The van der Waals surface area contributed by atoms with E-state index in [2.05, 4.69) is 4.74 Å². The Kier molecular flexibility index (Phi) is 3.31. The van der Waals surface area contributed by atoms with Crippen LogP contribution in [0.3, 0.4) is 0 Å². The molecule has 2 N–H and O–H groups in total. The number of carbonyl (C=O) groups excluding carboxylic acids is 1. The molecule has 0 unspecified atom stereocenters. The molecule has 0 aliphatic heterocycles. The van der Waals surface area contributed by atoms with Gasteiger partial charge < -0.3 is 10.5 Å². The van der Waals surface area contributed by atoms with Gasteiger partial charge >= 0.3 is 0 Å². The fraction of sp³-hybridized carbons (Fsp3) is 0.222. The topological polar surface area (TPSA) is 52.3 Å². The minimum absolute atomic E-state index is 0.307. The van der Waals surface area contributed by atoms with Crippen LogP contribution in [0.2, 0.25) is 0 Å². The average molecular weight is 219 g/mol. The van der Waals surface area contributed by atoms with Gasteiger partial charge in [0.05, 0.1) is 13.7 Å². The van der Waals surface area contributed by atoms with E-state index in [4.69, 9.17) is 5.73 Å². The lowest BCUT2D eigenvalue weighted by atomic mass is 10.1. The Hall–Kier alpha value is -1.56. The Morgan fingerprint density at radius 1 is 1.40 bits per heavy atom. The van der Waals surface area contributed by atoms with Gasteiger partial charge in [0.25, 0.3) is 0 Å². The summed E-state index contributed by atoms with van der Waals surface area (Å²) in [5.41, 5.74) is 4.19. The van der Waals surface area contributed by atoms with E-state index in [0.29, 0.717) is 6.07 Å². The fourth-order valence-electron chi connectivity index (χ4n) is 1.13. The van der Waals surface area contributed by atoms with Gasteiger partial charge in [-0.1, -0.05) is 0 Å². The number of hydrogen-bond donors (Lipinski definition) is 1. The molecule has 1 aromatic rings. The van der Waals surface area contributed by atoms with Crippen LogP contribution in [0.25, 0.3) is 0 Å². The summed E-state index contributed by atoms with van der Waals surface area (Å²) in [5, 5.41) is 0. The van der Waals surface area contributed by atoms with E-state index in [-0.39, 0.29) is 0 Å². The standard InChI is InChI=1S/C9H8F3NO2/c1-15-9-5(11)2-4(10)8(12)7(9)6(14)3-13/h2H,3,13H2,1H3. The Morgan fingerprint density at radius 2 is 2.00 bits per heavy atom. The van der Waals surface area contributed by atoms with Gasteiger partial charge in [-0.2, -0.15) is 0 Å². The SMILES string of the molecule is COc1c(F)cc(F)c(F)c1C(=O)CN. The van der Waals surface area contributed by atoms with Gasteiger partial charge in [-0.25, -0.2) is 13.2 Å². The molecule has 0 fully saturated rings. The lowest BCUT2D eigenvalue weighted by molar-refractivity contribution is 0.0992. The van der Waals surface area contributed by atoms with Crippen molar-refractivity contribution in [3.05, 3.63) is 29.1 Å². The van der Waals surface area contributed by atoms with Crippen LogP contribution in [0.5, 0.6) is 5.75 Å². The summed E-state index contributed by atoms with van der Waals surface area (Å²) >= 11 is 0. The number of ether oxygens (including phenoxy) is 1. The third-order valence-electron chi connectivity index (χ3n) is 1.79. The summed E-state index contributed by atoms with van der Waals surface area (Å²) in [6.45, 7) is -0.559.